The molecule has 0 saturated heterocycles. The van der Waals surface area contributed by atoms with Gasteiger partial charge in [0.05, 0.1) is 24.9 Å². The van der Waals surface area contributed by atoms with Gasteiger partial charge in [0.2, 0.25) is 0 Å². The summed E-state index contributed by atoms with van der Waals surface area (Å²) >= 11 is 1.41. The van der Waals surface area contributed by atoms with Crippen LogP contribution in [0.1, 0.15) is 54.4 Å². The Bertz CT molecular complexity index is 1010. The zero-order valence-electron chi connectivity index (χ0n) is 17.4. The molecule has 0 unspecified atom stereocenters. The lowest BCUT2D eigenvalue weighted by Crippen LogP contribution is -2.13. The van der Waals surface area contributed by atoms with E-state index >= 15 is 0 Å². The van der Waals surface area contributed by atoms with Crippen LogP contribution in [0.15, 0.2) is 24.4 Å². The van der Waals surface area contributed by atoms with Crippen LogP contribution < -0.4 is 4.74 Å². The Morgan fingerprint density at radius 3 is 2.79 bits per heavy atom. The van der Waals surface area contributed by atoms with Crippen LogP contribution in [-0.4, -0.2) is 29.2 Å². The van der Waals surface area contributed by atoms with E-state index < -0.39 is 0 Å². The Hall–Kier alpha value is -2.34. The molecule has 3 aromatic rings. The third-order valence-corrected chi connectivity index (χ3v) is 6.92. The second-order valence-corrected chi connectivity index (χ2v) is 8.71. The molecule has 4 rings (SSSR count). The molecule has 0 radical (unpaired) electrons. The van der Waals surface area contributed by atoms with Crippen LogP contribution >= 0.6 is 11.3 Å². The fourth-order valence-electron chi connectivity index (χ4n) is 4.35. The van der Waals surface area contributed by atoms with E-state index in [2.05, 4.69) is 16.8 Å². The van der Waals surface area contributed by atoms with Gasteiger partial charge in [-0.15, -0.1) is 11.3 Å². The summed E-state index contributed by atoms with van der Waals surface area (Å²) in [5.41, 5.74) is 2.89. The van der Waals surface area contributed by atoms with Crippen molar-refractivity contribution >= 4 is 28.2 Å². The van der Waals surface area contributed by atoms with Gasteiger partial charge < -0.3 is 14.0 Å². The lowest BCUT2D eigenvalue weighted by atomic mass is 9.89. The van der Waals surface area contributed by atoms with Crippen LogP contribution in [-0.2, 0) is 11.3 Å². The molecule has 2 heterocycles. The standard InChI is InChI=1S/C23H28N2O3S/c1-4-28-23(26)21-15(2)24-22(29-21)18-14-25(13-16-9-6-5-7-10-16)20-17(18)11-8-12-19(20)27-3/h8,11-12,14,16H,4-7,9-10,13H2,1-3H3. The van der Waals surface area contributed by atoms with Crippen molar-refractivity contribution in [2.75, 3.05) is 13.7 Å². The molecule has 0 N–H and O–H groups in total. The van der Waals surface area contributed by atoms with Crippen LogP contribution in [0.3, 0.4) is 0 Å². The van der Waals surface area contributed by atoms with Gasteiger partial charge in [-0.05, 0) is 38.7 Å². The summed E-state index contributed by atoms with van der Waals surface area (Å²) in [6.45, 7) is 5.05. The lowest BCUT2D eigenvalue weighted by molar-refractivity contribution is 0.0531. The monoisotopic (exact) mass is 412 g/mol. The molecule has 1 aromatic carbocycles. The SMILES string of the molecule is CCOC(=O)c1sc(-c2cn(CC3CCCCC3)c3c(OC)cccc23)nc1C. The van der Waals surface area contributed by atoms with Crippen molar-refractivity contribution < 1.29 is 14.3 Å². The maximum atomic E-state index is 12.3. The predicted molar refractivity (Wildman–Crippen MR) is 117 cm³/mol. The lowest BCUT2D eigenvalue weighted by Gasteiger charge is -2.22. The quantitative estimate of drug-likeness (QED) is 0.477. The summed E-state index contributed by atoms with van der Waals surface area (Å²) in [6.07, 6.45) is 8.76. The number of nitrogens with zero attached hydrogens (tertiary/aromatic N) is 2. The summed E-state index contributed by atoms with van der Waals surface area (Å²) in [7, 11) is 1.72. The number of para-hydroxylation sites is 1. The number of benzene rings is 1. The van der Waals surface area contributed by atoms with Gasteiger partial charge in [-0.1, -0.05) is 31.4 Å². The van der Waals surface area contributed by atoms with Gasteiger partial charge in [0, 0.05) is 23.7 Å². The maximum absolute atomic E-state index is 12.3. The molecule has 1 fully saturated rings. The van der Waals surface area contributed by atoms with Crippen molar-refractivity contribution in [3.63, 3.8) is 0 Å². The average molecular weight is 413 g/mol. The summed E-state index contributed by atoms with van der Waals surface area (Å²) < 4.78 is 13.2. The minimum Gasteiger partial charge on any atom is -0.495 e. The van der Waals surface area contributed by atoms with Gasteiger partial charge in [0.15, 0.2) is 0 Å². The van der Waals surface area contributed by atoms with E-state index in [1.807, 2.05) is 26.0 Å². The highest BCUT2D eigenvalue weighted by Crippen LogP contribution is 2.39. The minimum atomic E-state index is -0.294. The molecule has 0 atom stereocenters. The molecule has 0 aliphatic heterocycles. The molecule has 29 heavy (non-hydrogen) atoms. The Balaban J connectivity index is 1.79. The first-order valence-electron chi connectivity index (χ1n) is 10.4. The molecule has 0 amide bonds. The van der Waals surface area contributed by atoms with Crippen molar-refractivity contribution in [1.82, 2.24) is 9.55 Å². The fraction of sp³-hybridized carbons (Fsp3) is 0.478. The highest BCUT2D eigenvalue weighted by Gasteiger charge is 2.23. The smallest absolute Gasteiger partial charge is 0.350 e. The number of aromatic nitrogens is 2. The summed E-state index contributed by atoms with van der Waals surface area (Å²) in [5, 5.41) is 1.97. The molecular formula is C23H28N2O3S. The van der Waals surface area contributed by atoms with E-state index in [0.717, 1.165) is 39.5 Å². The van der Waals surface area contributed by atoms with E-state index in [-0.39, 0.29) is 5.97 Å². The maximum Gasteiger partial charge on any atom is 0.350 e. The highest BCUT2D eigenvalue weighted by molar-refractivity contribution is 7.17. The topological polar surface area (TPSA) is 53.4 Å². The van der Waals surface area contributed by atoms with Crippen molar-refractivity contribution in [3.8, 4) is 16.3 Å². The number of rotatable bonds is 6. The van der Waals surface area contributed by atoms with Gasteiger partial charge in [-0.2, -0.15) is 0 Å². The van der Waals surface area contributed by atoms with Crippen LogP contribution in [0.5, 0.6) is 5.75 Å². The van der Waals surface area contributed by atoms with Gasteiger partial charge in [-0.3, -0.25) is 0 Å². The Kier molecular flexibility index (Phi) is 5.90. The van der Waals surface area contributed by atoms with Crippen molar-refractivity contribution in [2.24, 2.45) is 5.92 Å². The number of carbonyl (C=O) groups is 1. The predicted octanol–water partition coefficient (Wildman–Crippen LogP) is 5.84. The number of hydrogen-bond donors (Lipinski definition) is 0. The fourth-order valence-corrected chi connectivity index (χ4v) is 5.33. The van der Waals surface area contributed by atoms with E-state index in [1.54, 1.807) is 7.11 Å². The molecule has 5 nitrogen and oxygen atoms in total. The number of fused-ring (bicyclic) bond motifs is 1. The van der Waals surface area contributed by atoms with Gasteiger partial charge in [0.25, 0.3) is 0 Å². The van der Waals surface area contributed by atoms with Crippen LogP contribution in [0.2, 0.25) is 0 Å². The van der Waals surface area contributed by atoms with E-state index in [0.29, 0.717) is 17.4 Å². The number of hydrogen-bond acceptors (Lipinski definition) is 5. The number of thiazole rings is 1. The molecule has 1 saturated carbocycles. The molecular weight excluding hydrogens is 384 g/mol. The number of methoxy groups -OCH3 is 1. The first-order chi connectivity index (χ1) is 14.1. The van der Waals surface area contributed by atoms with Gasteiger partial charge in [-0.25, -0.2) is 9.78 Å². The normalized spacial score (nSPS) is 15.0. The van der Waals surface area contributed by atoms with Crippen LogP contribution in [0.4, 0.5) is 0 Å². The Morgan fingerprint density at radius 2 is 2.07 bits per heavy atom. The second-order valence-electron chi connectivity index (χ2n) is 7.71. The third-order valence-electron chi connectivity index (χ3n) is 5.75. The number of aryl methyl sites for hydroxylation is 1. The molecule has 0 spiro atoms. The third kappa shape index (κ3) is 3.90. The summed E-state index contributed by atoms with van der Waals surface area (Å²) in [5.74, 6) is 1.28. The molecule has 1 aliphatic carbocycles. The molecule has 0 bridgehead atoms. The number of ether oxygens (including phenoxy) is 2. The molecule has 1 aliphatic rings. The van der Waals surface area contributed by atoms with Crippen molar-refractivity contribution in [1.29, 1.82) is 0 Å². The largest absolute Gasteiger partial charge is 0.495 e. The zero-order chi connectivity index (χ0) is 20.4. The minimum absolute atomic E-state index is 0.294. The number of esters is 1. The van der Waals surface area contributed by atoms with Crippen LogP contribution in [0, 0.1) is 12.8 Å². The molecule has 6 heteroatoms. The first-order valence-corrected chi connectivity index (χ1v) is 11.2. The zero-order valence-corrected chi connectivity index (χ0v) is 18.2. The second kappa shape index (κ2) is 8.57. The summed E-state index contributed by atoms with van der Waals surface area (Å²) in [6, 6.07) is 6.15. The van der Waals surface area contributed by atoms with Gasteiger partial charge >= 0.3 is 5.97 Å². The summed E-state index contributed by atoms with van der Waals surface area (Å²) in [4.78, 5) is 17.6. The highest BCUT2D eigenvalue weighted by atomic mass is 32.1. The number of carbonyl (C=O) groups excluding carboxylic acids is 1. The van der Waals surface area contributed by atoms with Crippen molar-refractivity contribution in [3.05, 3.63) is 35.0 Å². The first kappa shape index (κ1) is 20.0. The van der Waals surface area contributed by atoms with E-state index in [9.17, 15) is 4.79 Å². The van der Waals surface area contributed by atoms with E-state index in [4.69, 9.17) is 14.5 Å². The molecule has 2 aromatic heterocycles. The average Bonchev–Trinajstić information content (AvgIpc) is 3.29. The van der Waals surface area contributed by atoms with Crippen LogP contribution in [0.25, 0.3) is 21.5 Å². The van der Waals surface area contributed by atoms with Crippen molar-refractivity contribution in [2.45, 2.75) is 52.5 Å². The van der Waals surface area contributed by atoms with Gasteiger partial charge in [0.1, 0.15) is 15.6 Å². The molecule has 154 valence electrons. The Labute approximate surface area is 175 Å². The Morgan fingerprint density at radius 1 is 1.28 bits per heavy atom. The van der Waals surface area contributed by atoms with E-state index in [1.165, 1.54) is 43.4 Å².